The molecule has 1 aromatic carbocycles. The van der Waals surface area contributed by atoms with Gasteiger partial charge in [-0.1, -0.05) is 49.6 Å². The summed E-state index contributed by atoms with van der Waals surface area (Å²) in [5.41, 5.74) is 1.89. The minimum absolute atomic E-state index is 0.0905. The Morgan fingerprint density at radius 1 is 1.04 bits per heavy atom. The molecule has 1 amide bonds. The van der Waals surface area contributed by atoms with E-state index < -0.39 is 11.5 Å². The molecule has 142 valence electrons. The molecule has 1 saturated carbocycles. The number of rotatable bonds is 4. The number of likely N-dealkylation sites (tertiary alicyclic amines) is 1. The number of amides is 1. The van der Waals surface area contributed by atoms with E-state index in [1.807, 2.05) is 35.2 Å². The summed E-state index contributed by atoms with van der Waals surface area (Å²) in [5.74, 6) is 0.303. The molecule has 1 aromatic heterocycles. The monoisotopic (exact) mass is 364 g/mol. The van der Waals surface area contributed by atoms with Crippen molar-refractivity contribution in [1.29, 1.82) is 0 Å². The van der Waals surface area contributed by atoms with Crippen LogP contribution < -0.4 is 0 Å². The standard InChI is InChI=1S/C23H28N2O2/c26-21-17-25(16-19(21)15-18-9-13-24-14-10-18)22(27)23(11-5-2-6-12-23)20-7-3-1-4-8-20/h1,3-4,7-10,13-14,19,21,26H,2,5-6,11-12,15-17H2/t19-,21+/m1/s1. The first kappa shape index (κ1) is 18.2. The van der Waals surface area contributed by atoms with Crippen molar-refractivity contribution >= 4 is 5.91 Å². The first-order chi connectivity index (χ1) is 13.2. The lowest BCUT2D eigenvalue weighted by atomic mass is 9.68. The highest BCUT2D eigenvalue weighted by atomic mass is 16.3. The summed E-state index contributed by atoms with van der Waals surface area (Å²) >= 11 is 0. The molecule has 1 aliphatic carbocycles. The van der Waals surface area contributed by atoms with E-state index in [1.54, 1.807) is 12.4 Å². The Kier molecular flexibility index (Phi) is 5.26. The maximum Gasteiger partial charge on any atom is 0.233 e. The summed E-state index contributed by atoms with van der Waals surface area (Å²) in [5, 5.41) is 10.6. The molecule has 0 spiro atoms. The molecule has 0 bridgehead atoms. The second kappa shape index (κ2) is 7.81. The van der Waals surface area contributed by atoms with E-state index in [0.717, 1.165) is 37.7 Å². The van der Waals surface area contributed by atoms with E-state index in [4.69, 9.17) is 0 Å². The topological polar surface area (TPSA) is 53.4 Å². The van der Waals surface area contributed by atoms with Crippen molar-refractivity contribution in [2.24, 2.45) is 5.92 Å². The van der Waals surface area contributed by atoms with Crippen molar-refractivity contribution < 1.29 is 9.90 Å². The molecule has 1 N–H and O–H groups in total. The molecule has 2 heterocycles. The summed E-state index contributed by atoms with van der Waals surface area (Å²) < 4.78 is 0. The van der Waals surface area contributed by atoms with Gasteiger partial charge in [0.25, 0.3) is 0 Å². The first-order valence-corrected chi connectivity index (χ1v) is 10.1. The molecule has 0 radical (unpaired) electrons. The van der Waals surface area contributed by atoms with E-state index in [2.05, 4.69) is 17.1 Å². The van der Waals surface area contributed by atoms with Gasteiger partial charge in [-0.2, -0.15) is 0 Å². The van der Waals surface area contributed by atoms with E-state index >= 15 is 0 Å². The number of aliphatic hydroxyl groups excluding tert-OH is 1. The van der Waals surface area contributed by atoms with Crippen LogP contribution in [0.4, 0.5) is 0 Å². The average molecular weight is 364 g/mol. The van der Waals surface area contributed by atoms with Crippen LogP contribution in [0.3, 0.4) is 0 Å². The van der Waals surface area contributed by atoms with Crippen molar-refractivity contribution in [3.8, 4) is 0 Å². The van der Waals surface area contributed by atoms with Crippen LogP contribution in [0.25, 0.3) is 0 Å². The SMILES string of the molecule is O=C(N1C[C@@H](Cc2ccncc2)[C@@H](O)C1)C1(c2ccccc2)CCCCC1. The van der Waals surface area contributed by atoms with Gasteiger partial charge < -0.3 is 10.0 Å². The van der Waals surface area contributed by atoms with Gasteiger partial charge in [-0.15, -0.1) is 0 Å². The fourth-order valence-electron chi connectivity index (χ4n) is 4.88. The normalized spacial score (nSPS) is 24.7. The number of pyridine rings is 1. The van der Waals surface area contributed by atoms with Gasteiger partial charge in [-0.3, -0.25) is 9.78 Å². The Labute approximate surface area is 161 Å². The van der Waals surface area contributed by atoms with Gasteiger partial charge in [0.1, 0.15) is 0 Å². The predicted octanol–water partition coefficient (Wildman–Crippen LogP) is 3.35. The van der Waals surface area contributed by atoms with Gasteiger partial charge >= 0.3 is 0 Å². The largest absolute Gasteiger partial charge is 0.391 e. The van der Waals surface area contributed by atoms with Gasteiger partial charge in [-0.25, -0.2) is 0 Å². The zero-order chi connectivity index (χ0) is 18.7. The lowest BCUT2D eigenvalue weighted by Gasteiger charge is -2.39. The maximum atomic E-state index is 13.7. The fourth-order valence-corrected chi connectivity index (χ4v) is 4.88. The number of aliphatic hydroxyl groups is 1. The number of carbonyl (C=O) groups excluding carboxylic acids is 1. The smallest absolute Gasteiger partial charge is 0.233 e. The van der Waals surface area contributed by atoms with Gasteiger partial charge in [-0.05, 0) is 42.5 Å². The van der Waals surface area contributed by atoms with E-state index in [1.165, 1.54) is 12.0 Å². The Bertz CT molecular complexity index is 756. The van der Waals surface area contributed by atoms with Crippen LogP contribution in [-0.2, 0) is 16.6 Å². The van der Waals surface area contributed by atoms with E-state index in [9.17, 15) is 9.90 Å². The molecule has 1 aliphatic heterocycles. The van der Waals surface area contributed by atoms with Crippen molar-refractivity contribution in [1.82, 2.24) is 9.88 Å². The number of nitrogens with zero attached hydrogens (tertiary/aromatic N) is 2. The second-order valence-electron chi connectivity index (χ2n) is 8.11. The molecule has 27 heavy (non-hydrogen) atoms. The van der Waals surface area contributed by atoms with Gasteiger partial charge in [0.2, 0.25) is 5.91 Å². The molecule has 4 heteroatoms. The lowest BCUT2D eigenvalue weighted by Crippen LogP contribution is -2.47. The van der Waals surface area contributed by atoms with Crippen LogP contribution in [0.5, 0.6) is 0 Å². The Morgan fingerprint density at radius 3 is 2.44 bits per heavy atom. The molecule has 2 aromatic rings. The van der Waals surface area contributed by atoms with Crippen molar-refractivity contribution in [3.05, 3.63) is 66.0 Å². The number of benzene rings is 1. The summed E-state index contributed by atoms with van der Waals surface area (Å²) in [4.78, 5) is 19.7. The number of hydrogen-bond donors (Lipinski definition) is 1. The third-order valence-electron chi connectivity index (χ3n) is 6.38. The van der Waals surface area contributed by atoms with Gasteiger partial charge in [0.05, 0.1) is 11.5 Å². The summed E-state index contributed by atoms with van der Waals surface area (Å²) in [6, 6.07) is 14.3. The second-order valence-corrected chi connectivity index (χ2v) is 8.11. The van der Waals surface area contributed by atoms with Crippen LogP contribution in [0.15, 0.2) is 54.9 Å². The summed E-state index contributed by atoms with van der Waals surface area (Å²) in [7, 11) is 0. The fraction of sp³-hybridized carbons (Fsp3) is 0.478. The summed E-state index contributed by atoms with van der Waals surface area (Å²) in [6.07, 6.45) is 9.11. The third-order valence-corrected chi connectivity index (χ3v) is 6.38. The van der Waals surface area contributed by atoms with Crippen molar-refractivity contribution in [2.45, 2.75) is 50.0 Å². The molecule has 4 nitrogen and oxygen atoms in total. The third kappa shape index (κ3) is 3.63. The number of β-amino-alcohol motifs (C(OH)–C–C–N with tert-alkyl or cyclic N) is 1. The molecule has 2 fully saturated rings. The van der Waals surface area contributed by atoms with Gasteiger partial charge in [0.15, 0.2) is 0 Å². The highest BCUT2D eigenvalue weighted by Gasteiger charge is 2.46. The van der Waals surface area contributed by atoms with Gasteiger partial charge in [0, 0.05) is 31.4 Å². The maximum absolute atomic E-state index is 13.7. The predicted molar refractivity (Wildman–Crippen MR) is 105 cm³/mol. The first-order valence-electron chi connectivity index (χ1n) is 10.1. The lowest BCUT2D eigenvalue weighted by molar-refractivity contribution is -0.138. The zero-order valence-corrected chi connectivity index (χ0v) is 15.8. The highest BCUT2D eigenvalue weighted by molar-refractivity contribution is 5.88. The van der Waals surface area contributed by atoms with Crippen LogP contribution in [0, 0.1) is 5.92 Å². The summed E-state index contributed by atoms with van der Waals surface area (Å²) in [6.45, 7) is 1.08. The van der Waals surface area contributed by atoms with E-state index in [-0.39, 0.29) is 11.8 Å². The Hall–Kier alpha value is -2.20. The average Bonchev–Trinajstić information content (AvgIpc) is 3.09. The number of carbonyl (C=O) groups is 1. The molecular formula is C23H28N2O2. The minimum Gasteiger partial charge on any atom is -0.391 e. The Balaban J connectivity index is 1.54. The zero-order valence-electron chi connectivity index (χ0n) is 15.8. The highest BCUT2D eigenvalue weighted by Crippen LogP contribution is 2.42. The molecular weight excluding hydrogens is 336 g/mol. The molecule has 4 rings (SSSR count). The van der Waals surface area contributed by atoms with Crippen molar-refractivity contribution in [2.75, 3.05) is 13.1 Å². The van der Waals surface area contributed by atoms with E-state index in [0.29, 0.717) is 13.1 Å². The van der Waals surface area contributed by atoms with Crippen LogP contribution in [0.2, 0.25) is 0 Å². The Morgan fingerprint density at radius 2 is 1.74 bits per heavy atom. The molecule has 2 atom stereocenters. The minimum atomic E-state index is -0.460. The quantitative estimate of drug-likeness (QED) is 0.905. The number of hydrogen-bond acceptors (Lipinski definition) is 3. The van der Waals surface area contributed by atoms with Crippen LogP contribution in [-0.4, -0.2) is 40.1 Å². The van der Waals surface area contributed by atoms with Crippen molar-refractivity contribution in [3.63, 3.8) is 0 Å². The molecule has 2 aliphatic rings. The molecule has 0 unspecified atom stereocenters. The molecule has 1 saturated heterocycles. The van der Waals surface area contributed by atoms with Crippen LogP contribution >= 0.6 is 0 Å². The van der Waals surface area contributed by atoms with Crippen LogP contribution in [0.1, 0.15) is 43.2 Å². The number of aromatic nitrogens is 1.